The number of hydrogen-bond donors (Lipinski definition) is 0. The van der Waals surface area contributed by atoms with Crippen LogP contribution >= 0.6 is 11.8 Å². The highest BCUT2D eigenvalue weighted by Crippen LogP contribution is 2.14. The first-order valence-corrected chi connectivity index (χ1v) is 6.22. The van der Waals surface area contributed by atoms with Gasteiger partial charge in [0.2, 0.25) is 0 Å². The first-order valence-electron chi connectivity index (χ1n) is 5.07. The van der Waals surface area contributed by atoms with Gasteiger partial charge in [-0.1, -0.05) is 19.1 Å². The van der Waals surface area contributed by atoms with Gasteiger partial charge in [-0.15, -0.1) is 0 Å². The predicted octanol–water partition coefficient (Wildman–Crippen LogP) is 3.13. The normalized spacial score (nSPS) is 10.5. The fraction of sp³-hybridized carbons (Fsp3) is 0.250. The highest BCUT2D eigenvalue weighted by atomic mass is 32.2. The molecule has 0 aliphatic rings. The van der Waals surface area contributed by atoms with E-state index in [9.17, 15) is 0 Å². The van der Waals surface area contributed by atoms with Crippen molar-refractivity contribution >= 4 is 11.8 Å². The van der Waals surface area contributed by atoms with Crippen molar-refractivity contribution in [1.82, 2.24) is 9.78 Å². The number of benzene rings is 1. The Balaban J connectivity index is 2.11. The van der Waals surface area contributed by atoms with E-state index in [0.29, 0.717) is 0 Å². The average Bonchev–Trinajstić information content (AvgIpc) is 2.80. The minimum atomic E-state index is 1.09. The van der Waals surface area contributed by atoms with Crippen molar-refractivity contribution in [2.45, 2.75) is 12.7 Å². The summed E-state index contributed by atoms with van der Waals surface area (Å²) < 4.78 is 1.87. The summed E-state index contributed by atoms with van der Waals surface area (Å²) in [5, 5.41) is 4.19. The van der Waals surface area contributed by atoms with E-state index in [0.717, 1.165) is 11.4 Å². The van der Waals surface area contributed by atoms with Crippen LogP contribution in [0.5, 0.6) is 0 Å². The predicted molar refractivity (Wildman–Crippen MR) is 65.4 cm³/mol. The highest BCUT2D eigenvalue weighted by molar-refractivity contribution is 7.98. The van der Waals surface area contributed by atoms with Crippen LogP contribution < -0.4 is 0 Å². The molecule has 0 amide bonds. The molecule has 3 heteroatoms. The van der Waals surface area contributed by atoms with Crippen molar-refractivity contribution in [3.63, 3.8) is 0 Å². The molecule has 0 saturated heterocycles. The second-order valence-electron chi connectivity index (χ2n) is 3.25. The molecule has 1 aromatic heterocycles. The Morgan fingerprint density at radius 3 is 2.67 bits per heavy atom. The van der Waals surface area contributed by atoms with Gasteiger partial charge in [-0.05, 0) is 29.5 Å². The van der Waals surface area contributed by atoms with Crippen LogP contribution in [0.3, 0.4) is 0 Å². The molecule has 15 heavy (non-hydrogen) atoms. The lowest BCUT2D eigenvalue weighted by atomic mass is 10.2. The molecule has 0 bridgehead atoms. The third-order valence-corrected chi connectivity index (χ3v) is 3.12. The van der Waals surface area contributed by atoms with Gasteiger partial charge < -0.3 is 0 Å². The minimum Gasteiger partial charge on any atom is -0.241 e. The summed E-state index contributed by atoms with van der Waals surface area (Å²) in [4.78, 5) is 0. The van der Waals surface area contributed by atoms with E-state index in [1.807, 2.05) is 28.7 Å². The third kappa shape index (κ3) is 2.63. The molecule has 0 fully saturated rings. The number of rotatable bonds is 4. The smallest absolute Gasteiger partial charge is 0.0645 e. The van der Waals surface area contributed by atoms with Crippen LogP contribution in [0.15, 0.2) is 42.7 Å². The molecule has 2 aromatic rings. The summed E-state index contributed by atoms with van der Waals surface area (Å²) in [5.74, 6) is 2.26. The molecule has 1 aromatic carbocycles. The molecule has 1 heterocycles. The van der Waals surface area contributed by atoms with E-state index < -0.39 is 0 Å². The molecule has 2 rings (SSSR count). The summed E-state index contributed by atoms with van der Waals surface area (Å²) in [6.07, 6.45) is 3.75. The third-order valence-electron chi connectivity index (χ3n) is 2.18. The maximum atomic E-state index is 4.19. The number of aromatic nitrogens is 2. The van der Waals surface area contributed by atoms with Gasteiger partial charge in [0.25, 0.3) is 0 Å². The van der Waals surface area contributed by atoms with Crippen LogP contribution in [0.1, 0.15) is 12.5 Å². The van der Waals surface area contributed by atoms with Crippen molar-refractivity contribution in [3.05, 3.63) is 48.3 Å². The number of thioether (sulfide) groups is 1. The van der Waals surface area contributed by atoms with E-state index >= 15 is 0 Å². The van der Waals surface area contributed by atoms with Gasteiger partial charge in [-0.3, -0.25) is 0 Å². The van der Waals surface area contributed by atoms with Gasteiger partial charge >= 0.3 is 0 Å². The molecule has 0 radical (unpaired) electrons. The monoisotopic (exact) mass is 218 g/mol. The van der Waals surface area contributed by atoms with Gasteiger partial charge in [0.05, 0.1) is 5.69 Å². The van der Waals surface area contributed by atoms with Crippen LogP contribution in [-0.2, 0) is 5.75 Å². The fourth-order valence-corrected chi connectivity index (χ4v) is 2.02. The zero-order valence-corrected chi connectivity index (χ0v) is 9.57. The summed E-state index contributed by atoms with van der Waals surface area (Å²) in [6, 6.07) is 10.5. The van der Waals surface area contributed by atoms with E-state index in [1.54, 1.807) is 6.20 Å². The standard InChI is InChI=1S/C12H14N2S/c1-2-15-10-11-4-6-12(7-5-11)14-9-3-8-13-14/h3-9H,2,10H2,1H3. The van der Waals surface area contributed by atoms with Crippen LogP contribution in [0.2, 0.25) is 0 Å². The van der Waals surface area contributed by atoms with Gasteiger partial charge in [0.15, 0.2) is 0 Å². The Labute approximate surface area is 94.3 Å². The molecular weight excluding hydrogens is 204 g/mol. The quantitative estimate of drug-likeness (QED) is 0.784. The molecule has 0 atom stereocenters. The molecule has 78 valence electrons. The molecule has 0 aliphatic carbocycles. The molecule has 0 N–H and O–H groups in total. The zero-order valence-electron chi connectivity index (χ0n) is 8.76. The highest BCUT2D eigenvalue weighted by Gasteiger charge is 1.96. The first kappa shape index (κ1) is 10.3. The lowest BCUT2D eigenvalue weighted by Crippen LogP contribution is -1.93. The number of hydrogen-bond acceptors (Lipinski definition) is 2. The maximum Gasteiger partial charge on any atom is 0.0645 e. The van der Waals surface area contributed by atoms with Gasteiger partial charge in [0.1, 0.15) is 0 Å². The van der Waals surface area contributed by atoms with Crippen LogP contribution in [0.4, 0.5) is 0 Å². The van der Waals surface area contributed by atoms with E-state index in [-0.39, 0.29) is 0 Å². The Bertz CT molecular complexity index is 392. The van der Waals surface area contributed by atoms with Gasteiger partial charge in [-0.25, -0.2) is 4.68 Å². The SMILES string of the molecule is CCSCc1ccc(-n2cccn2)cc1. The summed E-state index contributed by atoms with van der Waals surface area (Å²) in [5.41, 5.74) is 2.49. The van der Waals surface area contributed by atoms with Crippen LogP contribution in [0.25, 0.3) is 5.69 Å². The summed E-state index contributed by atoms with van der Waals surface area (Å²) in [7, 11) is 0. The fourth-order valence-electron chi connectivity index (χ4n) is 1.39. The van der Waals surface area contributed by atoms with Crippen molar-refractivity contribution in [1.29, 1.82) is 0 Å². The van der Waals surface area contributed by atoms with Crippen molar-refractivity contribution in [3.8, 4) is 5.69 Å². The van der Waals surface area contributed by atoms with Crippen molar-refractivity contribution in [2.75, 3.05) is 5.75 Å². The molecule has 2 nitrogen and oxygen atoms in total. The van der Waals surface area contributed by atoms with Gasteiger partial charge in [0, 0.05) is 18.1 Å². The maximum absolute atomic E-state index is 4.19. The summed E-state index contributed by atoms with van der Waals surface area (Å²) in [6.45, 7) is 2.18. The Morgan fingerprint density at radius 1 is 1.27 bits per heavy atom. The molecule has 0 spiro atoms. The molecule has 0 unspecified atom stereocenters. The Morgan fingerprint density at radius 2 is 2.07 bits per heavy atom. The average molecular weight is 218 g/mol. The minimum absolute atomic E-state index is 1.09. The topological polar surface area (TPSA) is 17.8 Å². The van der Waals surface area contributed by atoms with E-state index in [1.165, 1.54) is 11.3 Å². The van der Waals surface area contributed by atoms with E-state index in [2.05, 4.69) is 36.3 Å². The second-order valence-corrected chi connectivity index (χ2v) is 4.53. The first-order chi connectivity index (χ1) is 7.40. The largest absolute Gasteiger partial charge is 0.241 e. The Hall–Kier alpha value is -1.22. The van der Waals surface area contributed by atoms with Crippen LogP contribution in [-0.4, -0.2) is 15.5 Å². The van der Waals surface area contributed by atoms with Crippen LogP contribution in [0, 0.1) is 0 Å². The molecular formula is C12H14N2S. The molecule has 0 aliphatic heterocycles. The van der Waals surface area contributed by atoms with E-state index in [4.69, 9.17) is 0 Å². The number of nitrogens with zero attached hydrogens (tertiary/aromatic N) is 2. The zero-order chi connectivity index (χ0) is 10.5. The van der Waals surface area contributed by atoms with Crippen molar-refractivity contribution in [2.24, 2.45) is 0 Å². The Kier molecular flexibility index (Phi) is 3.45. The molecule has 0 saturated carbocycles. The van der Waals surface area contributed by atoms with Gasteiger partial charge in [-0.2, -0.15) is 16.9 Å². The van der Waals surface area contributed by atoms with Crippen molar-refractivity contribution < 1.29 is 0 Å². The second kappa shape index (κ2) is 5.03. The lowest BCUT2D eigenvalue weighted by Gasteiger charge is -2.03. The lowest BCUT2D eigenvalue weighted by molar-refractivity contribution is 0.880. The summed E-state index contributed by atoms with van der Waals surface area (Å²) >= 11 is 1.94.